The SMILES string of the molecule is CCCCCCCCCCCCCCCCCCCCCCCCCCCCCCCCCCc1ccccc1S(=O)(=O)[O-].[Na+]. The molecular weight excluding hydrogens is 583 g/mol. The van der Waals surface area contributed by atoms with Gasteiger partial charge < -0.3 is 4.55 Å². The summed E-state index contributed by atoms with van der Waals surface area (Å²) in [6.07, 6.45) is 45.4. The first kappa shape index (κ1) is 45.1. The molecule has 0 fully saturated rings. The maximum absolute atomic E-state index is 11.4. The van der Waals surface area contributed by atoms with E-state index in [0.29, 0.717) is 12.0 Å². The van der Waals surface area contributed by atoms with E-state index in [0.717, 1.165) is 12.8 Å². The van der Waals surface area contributed by atoms with Crippen LogP contribution in [0.1, 0.15) is 218 Å². The van der Waals surface area contributed by atoms with Crippen molar-refractivity contribution in [3.8, 4) is 0 Å². The minimum atomic E-state index is -4.37. The zero-order valence-electron chi connectivity index (χ0n) is 30.3. The molecule has 0 radical (unpaired) electrons. The molecule has 1 rings (SSSR count). The first-order valence-electron chi connectivity index (χ1n) is 19.6. The van der Waals surface area contributed by atoms with Gasteiger partial charge in [-0.05, 0) is 24.5 Å². The van der Waals surface area contributed by atoms with E-state index in [2.05, 4.69) is 6.92 Å². The first-order valence-corrected chi connectivity index (χ1v) is 21.0. The topological polar surface area (TPSA) is 57.2 Å². The summed E-state index contributed by atoms with van der Waals surface area (Å²) >= 11 is 0. The molecule has 0 atom stereocenters. The van der Waals surface area contributed by atoms with Gasteiger partial charge in [0.1, 0.15) is 10.1 Å². The predicted molar refractivity (Wildman–Crippen MR) is 192 cm³/mol. The Morgan fingerprint density at radius 2 is 0.667 bits per heavy atom. The Morgan fingerprint density at radius 1 is 0.422 bits per heavy atom. The van der Waals surface area contributed by atoms with Crippen LogP contribution in [0.15, 0.2) is 29.2 Å². The number of unbranched alkanes of at least 4 members (excludes halogenated alkanes) is 31. The van der Waals surface area contributed by atoms with Gasteiger partial charge >= 0.3 is 29.6 Å². The van der Waals surface area contributed by atoms with E-state index in [4.69, 9.17) is 0 Å². The van der Waals surface area contributed by atoms with Gasteiger partial charge in [0, 0.05) is 0 Å². The van der Waals surface area contributed by atoms with Crippen molar-refractivity contribution in [1.29, 1.82) is 0 Å². The quantitative estimate of drug-likeness (QED) is 0.0421. The van der Waals surface area contributed by atoms with E-state index < -0.39 is 10.1 Å². The minimum absolute atomic E-state index is 0. The Balaban J connectivity index is 0.0000194. The smallest absolute Gasteiger partial charge is 0.744 e. The van der Waals surface area contributed by atoms with Crippen LogP contribution < -0.4 is 29.6 Å². The molecule has 0 heterocycles. The summed E-state index contributed by atoms with van der Waals surface area (Å²) in [5.74, 6) is 0. The summed E-state index contributed by atoms with van der Waals surface area (Å²) < 4.78 is 34.1. The molecule has 0 bridgehead atoms. The van der Waals surface area contributed by atoms with Gasteiger partial charge in [0.15, 0.2) is 0 Å². The number of hydrogen-bond donors (Lipinski definition) is 0. The third-order valence-electron chi connectivity index (χ3n) is 9.54. The van der Waals surface area contributed by atoms with Crippen LogP contribution in [0.2, 0.25) is 0 Å². The van der Waals surface area contributed by atoms with Gasteiger partial charge in [-0.25, -0.2) is 8.42 Å². The van der Waals surface area contributed by atoms with Crippen molar-refractivity contribution in [1.82, 2.24) is 0 Å². The second-order valence-corrected chi connectivity index (χ2v) is 15.1. The molecule has 0 aromatic heterocycles. The predicted octanol–water partition coefficient (Wildman–Crippen LogP) is 10.6. The Bertz CT molecular complexity index is 842. The van der Waals surface area contributed by atoms with E-state index in [1.54, 1.807) is 12.1 Å². The van der Waals surface area contributed by atoms with Gasteiger partial charge in [-0.1, -0.05) is 224 Å². The van der Waals surface area contributed by atoms with E-state index in [9.17, 15) is 13.0 Å². The Kier molecular flexibility index (Phi) is 34.1. The Labute approximate surface area is 304 Å². The van der Waals surface area contributed by atoms with Crippen LogP contribution in [-0.2, 0) is 16.5 Å². The molecule has 258 valence electrons. The summed E-state index contributed by atoms with van der Waals surface area (Å²) in [7, 11) is -4.37. The van der Waals surface area contributed by atoms with Crippen molar-refractivity contribution in [3.05, 3.63) is 29.8 Å². The molecule has 1 aromatic carbocycles. The number of rotatable bonds is 34. The van der Waals surface area contributed by atoms with Gasteiger partial charge in [-0.3, -0.25) is 0 Å². The standard InChI is InChI=1S/C40H74O3S.Na/c1-2-3-4-5-6-7-8-9-10-11-12-13-14-15-16-17-18-19-20-21-22-23-24-25-26-27-28-29-30-31-32-33-36-39-37-34-35-38-40(39)44(41,42)43;/h34-35,37-38H,2-33,36H2,1H3,(H,41,42,43);/q;+1/p-1. The molecule has 0 amide bonds. The van der Waals surface area contributed by atoms with Crippen LogP contribution in [0.5, 0.6) is 0 Å². The maximum atomic E-state index is 11.4. The molecule has 3 nitrogen and oxygen atoms in total. The van der Waals surface area contributed by atoms with Gasteiger partial charge in [-0.15, -0.1) is 0 Å². The molecule has 0 unspecified atom stereocenters. The van der Waals surface area contributed by atoms with Crippen molar-refractivity contribution in [2.24, 2.45) is 0 Å². The maximum Gasteiger partial charge on any atom is 1.00 e. The van der Waals surface area contributed by atoms with Gasteiger partial charge in [-0.2, -0.15) is 0 Å². The van der Waals surface area contributed by atoms with E-state index in [1.165, 1.54) is 199 Å². The summed E-state index contributed by atoms with van der Waals surface area (Å²) in [5, 5.41) is 0. The summed E-state index contributed by atoms with van der Waals surface area (Å²) in [6, 6.07) is 6.64. The summed E-state index contributed by atoms with van der Waals surface area (Å²) in [6.45, 7) is 2.30. The second-order valence-electron chi connectivity index (χ2n) is 13.8. The second kappa shape index (κ2) is 34.0. The Hall–Kier alpha value is 0.130. The number of aryl methyl sites for hydroxylation is 1. The number of benzene rings is 1. The van der Waals surface area contributed by atoms with Crippen molar-refractivity contribution >= 4 is 10.1 Å². The van der Waals surface area contributed by atoms with Crippen molar-refractivity contribution in [3.63, 3.8) is 0 Å². The van der Waals surface area contributed by atoms with E-state index in [-0.39, 0.29) is 34.5 Å². The van der Waals surface area contributed by atoms with Gasteiger partial charge in [0.2, 0.25) is 0 Å². The van der Waals surface area contributed by atoms with Gasteiger partial charge in [0.25, 0.3) is 0 Å². The zero-order valence-corrected chi connectivity index (χ0v) is 33.1. The van der Waals surface area contributed by atoms with Gasteiger partial charge in [0.05, 0.1) is 4.90 Å². The van der Waals surface area contributed by atoms with Crippen LogP contribution in [0.25, 0.3) is 0 Å². The van der Waals surface area contributed by atoms with Crippen LogP contribution in [0, 0.1) is 0 Å². The molecule has 0 saturated carbocycles. The average molecular weight is 657 g/mol. The first-order chi connectivity index (χ1) is 21.6. The summed E-state index contributed by atoms with van der Waals surface area (Å²) in [5.41, 5.74) is 0.674. The zero-order chi connectivity index (χ0) is 31.8. The largest absolute Gasteiger partial charge is 1.00 e. The average Bonchev–Trinajstić information content (AvgIpc) is 3.01. The third kappa shape index (κ3) is 30.0. The minimum Gasteiger partial charge on any atom is -0.744 e. The molecule has 1 aromatic rings. The fraction of sp³-hybridized carbons (Fsp3) is 0.850. The molecule has 5 heteroatoms. The molecule has 0 aliphatic carbocycles. The van der Waals surface area contributed by atoms with Crippen LogP contribution in [-0.4, -0.2) is 13.0 Å². The van der Waals surface area contributed by atoms with Crippen molar-refractivity contribution < 1.29 is 42.5 Å². The van der Waals surface area contributed by atoms with E-state index in [1.807, 2.05) is 6.07 Å². The Morgan fingerprint density at radius 3 is 0.933 bits per heavy atom. The van der Waals surface area contributed by atoms with Crippen molar-refractivity contribution in [2.45, 2.75) is 224 Å². The molecule has 0 aliphatic rings. The van der Waals surface area contributed by atoms with Crippen molar-refractivity contribution in [2.75, 3.05) is 0 Å². The monoisotopic (exact) mass is 657 g/mol. The fourth-order valence-corrected chi connectivity index (χ4v) is 7.38. The molecular formula is C40H73NaO3S. The fourth-order valence-electron chi connectivity index (χ4n) is 6.65. The van der Waals surface area contributed by atoms with Crippen LogP contribution >= 0.6 is 0 Å². The normalized spacial score (nSPS) is 11.6. The molecule has 0 N–H and O–H groups in total. The van der Waals surface area contributed by atoms with Crippen LogP contribution in [0.3, 0.4) is 0 Å². The molecule has 0 saturated heterocycles. The summed E-state index contributed by atoms with van der Waals surface area (Å²) in [4.78, 5) is -0.0410. The van der Waals surface area contributed by atoms with Crippen LogP contribution in [0.4, 0.5) is 0 Å². The molecule has 0 spiro atoms. The van der Waals surface area contributed by atoms with E-state index >= 15 is 0 Å². The third-order valence-corrected chi connectivity index (χ3v) is 10.5. The molecule has 0 aliphatic heterocycles. The number of hydrogen-bond acceptors (Lipinski definition) is 3. The molecule has 45 heavy (non-hydrogen) atoms.